The van der Waals surface area contributed by atoms with E-state index in [-0.39, 0.29) is 0 Å². The van der Waals surface area contributed by atoms with Crippen LogP contribution in [0.4, 0.5) is 0 Å². The third-order valence-electron chi connectivity index (χ3n) is 7.87. The quantitative estimate of drug-likeness (QED) is 0.258. The molecule has 0 unspecified atom stereocenters. The summed E-state index contributed by atoms with van der Waals surface area (Å²) in [5.74, 6) is 3.13. The Bertz CT molecular complexity index is 1910. The molecule has 204 valence electrons. The Kier molecular flexibility index (Phi) is 6.30. The van der Waals surface area contributed by atoms with E-state index in [0.717, 1.165) is 71.5 Å². The summed E-state index contributed by atoms with van der Waals surface area (Å²) in [6.45, 7) is 6.98. The molecule has 41 heavy (non-hydrogen) atoms. The molecule has 0 saturated heterocycles. The monoisotopic (exact) mass is 541 g/mol. The van der Waals surface area contributed by atoms with Crippen LogP contribution in [0, 0.1) is 13.8 Å². The molecule has 3 aromatic carbocycles. The van der Waals surface area contributed by atoms with Crippen LogP contribution in [0.5, 0.6) is 0 Å². The van der Waals surface area contributed by atoms with Crippen molar-refractivity contribution >= 4 is 22.7 Å². The molecule has 0 bridgehead atoms. The van der Waals surface area contributed by atoms with Gasteiger partial charge in [0.05, 0.1) is 17.2 Å². The fourth-order valence-corrected chi connectivity index (χ4v) is 5.97. The Hall–Kier alpha value is -4.85. The van der Waals surface area contributed by atoms with Crippen molar-refractivity contribution in [2.75, 3.05) is 0 Å². The highest BCUT2D eigenvalue weighted by molar-refractivity contribution is 5.93. The van der Waals surface area contributed by atoms with Crippen LogP contribution in [0.3, 0.4) is 0 Å². The molecule has 0 radical (unpaired) electrons. The Morgan fingerprint density at radius 1 is 1.00 bits per heavy atom. The van der Waals surface area contributed by atoms with Gasteiger partial charge in [-0.05, 0) is 95.5 Å². The second-order valence-electron chi connectivity index (χ2n) is 10.8. The molecule has 1 N–H and O–H groups in total. The number of H-pyrrole nitrogens is 1. The van der Waals surface area contributed by atoms with Gasteiger partial charge in [-0.25, -0.2) is 9.97 Å². The number of imidazole rings is 1. The summed E-state index contributed by atoms with van der Waals surface area (Å²) < 4.78 is 8.24. The molecule has 0 spiro atoms. The zero-order valence-electron chi connectivity index (χ0n) is 23.5. The molecule has 3 aromatic heterocycles. The minimum Gasteiger partial charge on any atom is -0.441 e. The van der Waals surface area contributed by atoms with E-state index in [1.807, 2.05) is 13.0 Å². The van der Waals surface area contributed by atoms with Gasteiger partial charge in [0.15, 0.2) is 5.82 Å². The number of benzene rings is 3. The fourth-order valence-electron chi connectivity index (χ4n) is 5.97. The standard InChI is InChI=1S/C33H31N7O/c1-4-7-31-35-32-20(2)14-25(33-34-18-21(3)41-33)16-29(32)40(31)19-22-10-13-27-24(15-22)12-11-23-8-5-6-9-26(23)28(27)17-30-36-38-39-37-30/h5-6,8-10,13-18H,4,7,11-12,19H2,1-3H3,(H,36,37,38,39). The van der Waals surface area contributed by atoms with E-state index in [0.29, 0.717) is 11.7 Å². The number of hydrogen-bond donors (Lipinski definition) is 1. The van der Waals surface area contributed by atoms with Crippen molar-refractivity contribution in [2.45, 2.75) is 53.0 Å². The molecule has 6 aromatic rings. The fraction of sp³-hybridized carbons (Fsp3) is 0.242. The molecular formula is C33H31N7O. The van der Waals surface area contributed by atoms with E-state index in [9.17, 15) is 0 Å². The number of rotatable bonds is 6. The van der Waals surface area contributed by atoms with E-state index < -0.39 is 0 Å². The van der Waals surface area contributed by atoms with Gasteiger partial charge in [-0.3, -0.25) is 0 Å². The van der Waals surface area contributed by atoms with Gasteiger partial charge in [-0.2, -0.15) is 5.21 Å². The lowest BCUT2D eigenvalue weighted by Gasteiger charge is -2.15. The maximum absolute atomic E-state index is 5.87. The second kappa shape index (κ2) is 10.3. The predicted molar refractivity (Wildman–Crippen MR) is 159 cm³/mol. The number of aromatic nitrogens is 7. The Labute approximate surface area is 238 Å². The van der Waals surface area contributed by atoms with Crippen LogP contribution < -0.4 is 0 Å². The number of nitrogens with one attached hydrogen (secondary N) is 1. The SMILES string of the molecule is CCCc1nc2c(C)cc(-c3ncc(C)o3)cc2n1Cc1ccc2c(c1)CCc1ccccc1C2=Cc1nn[nH]n1. The molecule has 1 aliphatic rings. The maximum Gasteiger partial charge on any atom is 0.226 e. The van der Waals surface area contributed by atoms with Crippen LogP contribution in [-0.2, 0) is 25.8 Å². The molecule has 1 aliphatic carbocycles. The van der Waals surface area contributed by atoms with Gasteiger partial charge in [0, 0.05) is 18.5 Å². The van der Waals surface area contributed by atoms with E-state index in [1.165, 1.54) is 27.8 Å². The number of fused-ring (bicyclic) bond motifs is 3. The largest absolute Gasteiger partial charge is 0.441 e. The number of aromatic amines is 1. The third kappa shape index (κ3) is 4.65. The van der Waals surface area contributed by atoms with Crippen LogP contribution in [-0.4, -0.2) is 35.2 Å². The lowest BCUT2D eigenvalue weighted by molar-refractivity contribution is 0.542. The van der Waals surface area contributed by atoms with Crippen molar-refractivity contribution in [1.82, 2.24) is 35.2 Å². The average molecular weight is 542 g/mol. The molecule has 3 heterocycles. The van der Waals surface area contributed by atoms with Crippen LogP contribution in [0.2, 0.25) is 0 Å². The zero-order chi connectivity index (χ0) is 27.9. The molecule has 0 amide bonds. The second-order valence-corrected chi connectivity index (χ2v) is 10.8. The van der Waals surface area contributed by atoms with E-state index in [4.69, 9.17) is 9.40 Å². The molecule has 8 heteroatoms. The van der Waals surface area contributed by atoms with Gasteiger partial charge in [0.25, 0.3) is 0 Å². The van der Waals surface area contributed by atoms with Gasteiger partial charge in [0.2, 0.25) is 5.89 Å². The third-order valence-corrected chi connectivity index (χ3v) is 7.87. The Morgan fingerprint density at radius 3 is 2.66 bits per heavy atom. The Morgan fingerprint density at radius 2 is 1.85 bits per heavy atom. The van der Waals surface area contributed by atoms with E-state index in [1.54, 1.807) is 6.20 Å². The smallest absolute Gasteiger partial charge is 0.226 e. The minimum absolute atomic E-state index is 0.577. The van der Waals surface area contributed by atoms with Gasteiger partial charge < -0.3 is 8.98 Å². The number of oxazole rings is 1. The molecular weight excluding hydrogens is 510 g/mol. The van der Waals surface area contributed by atoms with Crippen LogP contribution in [0.1, 0.15) is 64.1 Å². The summed E-state index contributed by atoms with van der Waals surface area (Å²) in [5, 5.41) is 14.7. The lowest BCUT2D eigenvalue weighted by Crippen LogP contribution is -2.06. The van der Waals surface area contributed by atoms with Crippen molar-refractivity contribution in [2.24, 2.45) is 0 Å². The highest BCUT2D eigenvalue weighted by atomic mass is 16.4. The lowest BCUT2D eigenvalue weighted by atomic mass is 9.92. The summed E-state index contributed by atoms with van der Waals surface area (Å²) in [5.41, 5.74) is 11.7. The van der Waals surface area contributed by atoms with Crippen LogP contribution >= 0.6 is 0 Å². The average Bonchev–Trinajstić information content (AvgIpc) is 3.71. The maximum atomic E-state index is 5.87. The number of hydrogen-bond acceptors (Lipinski definition) is 6. The van der Waals surface area contributed by atoms with Crippen molar-refractivity contribution < 1.29 is 4.42 Å². The minimum atomic E-state index is 0.577. The van der Waals surface area contributed by atoms with Gasteiger partial charge >= 0.3 is 0 Å². The highest BCUT2D eigenvalue weighted by Gasteiger charge is 2.21. The summed E-state index contributed by atoms with van der Waals surface area (Å²) in [6, 6.07) is 19.8. The molecule has 0 aliphatic heterocycles. The van der Waals surface area contributed by atoms with Gasteiger partial charge in [-0.15, -0.1) is 10.2 Å². The van der Waals surface area contributed by atoms with Gasteiger partial charge in [-0.1, -0.05) is 49.4 Å². The van der Waals surface area contributed by atoms with E-state index in [2.05, 4.69) is 98.6 Å². The molecule has 0 saturated carbocycles. The van der Waals surface area contributed by atoms with Crippen molar-refractivity contribution in [3.63, 3.8) is 0 Å². The highest BCUT2D eigenvalue weighted by Crippen LogP contribution is 2.36. The Balaban J connectivity index is 1.32. The summed E-state index contributed by atoms with van der Waals surface area (Å²) >= 11 is 0. The van der Waals surface area contributed by atoms with Gasteiger partial charge in [0.1, 0.15) is 11.6 Å². The topological polar surface area (TPSA) is 98.3 Å². The summed E-state index contributed by atoms with van der Waals surface area (Å²) in [6.07, 6.45) is 7.68. The first-order valence-electron chi connectivity index (χ1n) is 14.2. The normalized spacial score (nSPS) is 13.9. The molecule has 0 atom stereocenters. The van der Waals surface area contributed by atoms with E-state index >= 15 is 0 Å². The van der Waals surface area contributed by atoms with Crippen LogP contribution in [0.15, 0.2) is 65.2 Å². The number of aryl methyl sites for hydroxylation is 5. The number of tetrazole rings is 1. The molecule has 0 fully saturated rings. The van der Waals surface area contributed by atoms with Crippen molar-refractivity contribution in [3.05, 3.63) is 112 Å². The first-order valence-corrected chi connectivity index (χ1v) is 14.2. The van der Waals surface area contributed by atoms with Crippen LogP contribution in [0.25, 0.3) is 34.1 Å². The zero-order valence-corrected chi connectivity index (χ0v) is 23.5. The summed E-state index contributed by atoms with van der Waals surface area (Å²) in [7, 11) is 0. The summed E-state index contributed by atoms with van der Waals surface area (Å²) in [4.78, 5) is 9.58. The number of nitrogens with zero attached hydrogens (tertiary/aromatic N) is 6. The molecule has 8 nitrogen and oxygen atoms in total. The van der Waals surface area contributed by atoms with Crippen molar-refractivity contribution in [1.29, 1.82) is 0 Å². The van der Waals surface area contributed by atoms with Crippen molar-refractivity contribution in [3.8, 4) is 11.5 Å². The first-order chi connectivity index (χ1) is 20.1. The first kappa shape index (κ1) is 25.1. The predicted octanol–water partition coefficient (Wildman–Crippen LogP) is 6.51. The molecule has 7 rings (SSSR count).